The summed E-state index contributed by atoms with van der Waals surface area (Å²) < 4.78 is 47.2. The van der Waals surface area contributed by atoms with E-state index in [2.05, 4.69) is 25.3 Å². The Labute approximate surface area is 207 Å². The Kier molecular flexibility index (Phi) is 6.97. The minimum atomic E-state index is -2.72. The number of ether oxygens (including phenoxy) is 1. The summed E-state index contributed by atoms with van der Waals surface area (Å²) in [4.78, 5) is 30.3. The van der Waals surface area contributed by atoms with E-state index in [9.17, 15) is 18.0 Å². The molecular formula is C26H28F3N5O2. The lowest BCUT2D eigenvalue weighted by molar-refractivity contribution is -0.0384. The van der Waals surface area contributed by atoms with E-state index < -0.39 is 17.6 Å². The maximum Gasteiger partial charge on any atom is 0.258 e. The van der Waals surface area contributed by atoms with Crippen LogP contribution in [0, 0.1) is 5.82 Å². The van der Waals surface area contributed by atoms with E-state index in [1.54, 1.807) is 6.07 Å². The minimum Gasteiger partial charge on any atom is -0.481 e. The Balaban J connectivity index is 1.77. The van der Waals surface area contributed by atoms with Crippen molar-refractivity contribution < 1.29 is 22.7 Å². The molecular weight excluding hydrogens is 471 g/mol. The number of anilines is 1. The van der Waals surface area contributed by atoms with Gasteiger partial charge in [-0.05, 0) is 25.0 Å². The molecule has 3 aromatic rings. The number of rotatable bonds is 5. The van der Waals surface area contributed by atoms with Crippen LogP contribution in [0.25, 0.3) is 11.1 Å². The number of alkyl halides is 2. The average Bonchev–Trinajstić information content (AvgIpc) is 2.84. The van der Waals surface area contributed by atoms with Gasteiger partial charge in [-0.2, -0.15) is 0 Å². The molecule has 0 aromatic carbocycles. The van der Waals surface area contributed by atoms with Gasteiger partial charge in [0.25, 0.3) is 5.91 Å². The number of nitrogens with one attached hydrogen (secondary N) is 1. The third kappa shape index (κ3) is 5.47. The van der Waals surface area contributed by atoms with Crippen LogP contribution in [-0.4, -0.2) is 38.9 Å². The summed E-state index contributed by atoms with van der Waals surface area (Å²) in [6.07, 6.45) is 5.27. The van der Waals surface area contributed by atoms with Crippen molar-refractivity contribution in [2.75, 3.05) is 12.4 Å². The van der Waals surface area contributed by atoms with Gasteiger partial charge in [0, 0.05) is 53.9 Å². The smallest absolute Gasteiger partial charge is 0.258 e. The fourth-order valence-corrected chi connectivity index (χ4v) is 4.26. The SMILES string of the molecule is COc1ncc(F)cc1-c1ccnc(C2CCC(F)(F)CC2)c1NC(=O)c1cnc(C(C)(C)C)nc1. The quantitative estimate of drug-likeness (QED) is 0.468. The second kappa shape index (κ2) is 9.83. The summed E-state index contributed by atoms with van der Waals surface area (Å²) >= 11 is 0. The summed E-state index contributed by atoms with van der Waals surface area (Å²) in [5.41, 5.74) is 1.39. The van der Waals surface area contributed by atoms with Crippen LogP contribution in [-0.2, 0) is 5.41 Å². The zero-order valence-corrected chi connectivity index (χ0v) is 20.6. The molecule has 0 spiro atoms. The summed E-state index contributed by atoms with van der Waals surface area (Å²) in [5.74, 6) is -3.40. The van der Waals surface area contributed by atoms with Crippen LogP contribution >= 0.6 is 0 Å². The van der Waals surface area contributed by atoms with Gasteiger partial charge in [0.2, 0.25) is 11.8 Å². The van der Waals surface area contributed by atoms with Crippen LogP contribution in [0.5, 0.6) is 5.88 Å². The van der Waals surface area contributed by atoms with Crippen molar-refractivity contribution in [2.24, 2.45) is 0 Å². The Morgan fingerprint density at radius 3 is 2.33 bits per heavy atom. The maximum absolute atomic E-state index is 14.2. The molecule has 0 saturated heterocycles. The molecule has 1 N–H and O–H groups in total. The number of methoxy groups -OCH3 is 1. The third-order valence-electron chi connectivity index (χ3n) is 6.21. The standard InChI is InChI=1S/C26H28F3N5O2/c1-25(2,3)24-32-12-16(13-33-24)22(35)34-21-18(19-11-17(27)14-31-23(19)36-4)7-10-30-20(21)15-5-8-26(28,29)9-6-15/h7,10-15H,5-6,8-9H2,1-4H3,(H,34,35). The van der Waals surface area contributed by atoms with Crippen LogP contribution in [0.1, 0.15) is 74.2 Å². The van der Waals surface area contributed by atoms with Gasteiger partial charge in [-0.3, -0.25) is 9.78 Å². The minimum absolute atomic E-state index is 0.150. The number of amides is 1. The predicted molar refractivity (Wildman–Crippen MR) is 129 cm³/mol. The van der Waals surface area contributed by atoms with E-state index in [1.807, 2.05) is 20.8 Å². The van der Waals surface area contributed by atoms with E-state index in [1.165, 1.54) is 31.8 Å². The number of hydrogen-bond acceptors (Lipinski definition) is 6. The molecule has 1 amide bonds. The molecule has 0 aliphatic heterocycles. The molecule has 0 atom stereocenters. The van der Waals surface area contributed by atoms with Crippen molar-refractivity contribution in [1.29, 1.82) is 0 Å². The lowest BCUT2D eigenvalue weighted by atomic mass is 9.83. The van der Waals surface area contributed by atoms with Crippen LogP contribution in [0.4, 0.5) is 18.9 Å². The molecule has 1 saturated carbocycles. The molecule has 190 valence electrons. The van der Waals surface area contributed by atoms with Gasteiger partial charge in [-0.1, -0.05) is 20.8 Å². The average molecular weight is 500 g/mol. The van der Waals surface area contributed by atoms with Gasteiger partial charge in [-0.25, -0.2) is 28.1 Å². The van der Waals surface area contributed by atoms with Crippen molar-refractivity contribution in [2.45, 2.75) is 63.7 Å². The monoisotopic (exact) mass is 499 g/mol. The maximum atomic E-state index is 14.2. The molecule has 0 unspecified atom stereocenters. The first-order chi connectivity index (χ1) is 17.0. The van der Waals surface area contributed by atoms with E-state index in [0.29, 0.717) is 28.3 Å². The number of halogens is 3. The van der Waals surface area contributed by atoms with E-state index in [0.717, 1.165) is 6.20 Å². The highest BCUT2D eigenvalue weighted by molar-refractivity contribution is 6.06. The lowest BCUT2D eigenvalue weighted by Crippen LogP contribution is -2.25. The fraction of sp³-hybridized carbons (Fsp3) is 0.423. The van der Waals surface area contributed by atoms with Gasteiger partial charge in [0.05, 0.1) is 30.3 Å². The highest BCUT2D eigenvalue weighted by Gasteiger charge is 2.37. The third-order valence-corrected chi connectivity index (χ3v) is 6.21. The van der Waals surface area contributed by atoms with Gasteiger partial charge < -0.3 is 10.1 Å². The van der Waals surface area contributed by atoms with Gasteiger partial charge in [0.1, 0.15) is 11.6 Å². The lowest BCUT2D eigenvalue weighted by Gasteiger charge is -2.29. The Morgan fingerprint density at radius 2 is 1.72 bits per heavy atom. The largest absolute Gasteiger partial charge is 0.481 e. The van der Waals surface area contributed by atoms with Crippen molar-refractivity contribution in [3.05, 3.63) is 59.8 Å². The fourth-order valence-electron chi connectivity index (χ4n) is 4.26. The van der Waals surface area contributed by atoms with Crippen LogP contribution in [0.15, 0.2) is 36.9 Å². The van der Waals surface area contributed by atoms with Gasteiger partial charge in [-0.15, -0.1) is 0 Å². The predicted octanol–water partition coefficient (Wildman–Crippen LogP) is 5.92. The molecule has 36 heavy (non-hydrogen) atoms. The van der Waals surface area contributed by atoms with Gasteiger partial charge >= 0.3 is 0 Å². The number of carbonyl (C=O) groups excluding carboxylic acids is 1. The van der Waals surface area contributed by atoms with Crippen LogP contribution < -0.4 is 10.1 Å². The van der Waals surface area contributed by atoms with E-state index in [-0.39, 0.29) is 48.5 Å². The van der Waals surface area contributed by atoms with Gasteiger partial charge in [0.15, 0.2) is 0 Å². The Hall–Kier alpha value is -3.56. The molecule has 0 radical (unpaired) electrons. The molecule has 0 bridgehead atoms. The molecule has 7 nitrogen and oxygen atoms in total. The zero-order valence-electron chi connectivity index (χ0n) is 20.6. The van der Waals surface area contributed by atoms with Crippen molar-refractivity contribution in [3.8, 4) is 17.0 Å². The Bertz CT molecular complexity index is 1250. The highest BCUT2D eigenvalue weighted by atomic mass is 19.3. The summed E-state index contributed by atoms with van der Waals surface area (Å²) in [6.45, 7) is 5.89. The zero-order chi connectivity index (χ0) is 26.1. The summed E-state index contributed by atoms with van der Waals surface area (Å²) in [5, 5.41) is 2.87. The number of hydrogen-bond donors (Lipinski definition) is 1. The second-order valence-corrected chi connectivity index (χ2v) is 9.96. The Morgan fingerprint density at radius 1 is 1.06 bits per heavy atom. The first-order valence-electron chi connectivity index (χ1n) is 11.7. The molecule has 4 rings (SSSR count). The molecule has 10 heteroatoms. The first-order valence-corrected chi connectivity index (χ1v) is 11.7. The number of aromatic nitrogens is 4. The number of pyridine rings is 2. The molecule has 1 aliphatic carbocycles. The van der Waals surface area contributed by atoms with Crippen molar-refractivity contribution in [3.63, 3.8) is 0 Å². The van der Waals surface area contributed by atoms with Crippen LogP contribution in [0.2, 0.25) is 0 Å². The second-order valence-electron chi connectivity index (χ2n) is 9.96. The topological polar surface area (TPSA) is 89.9 Å². The van der Waals surface area contributed by atoms with E-state index in [4.69, 9.17) is 4.74 Å². The van der Waals surface area contributed by atoms with Crippen molar-refractivity contribution in [1.82, 2.24) is 19.9 Å². The van der Waals surface area contributed by atoms with Crippen molar-refractivity contribution >= 4 is 11.6 Å². The highest BCUT2D eigenvalue weighted by Crippen LogP contribution is 2.45. The summed E-state index contributed by atoms with van der Waals surface area (Å²) in [6, 6.07) is 2.85. The molecule has 1 aliphatic rings. The normalized spacial score (nSPS) is 16.0. The number of carbonyl (C=O) groups is 1. The molecule has 3 aromatic heterocycles. The molecule has 1 fully saturated rings. The van der Waals surface area contributed by atoms with E-state index >= 15 is 0 Å². The molecule has 3 heterocycles. The number of nitrogens with zero attached hydrogens (tertiary/aromatic N) is 4. The van der Waals surface area contributed by atoms with Crippen LogP contribution in [0.3, 0.4) is 0 Å². The first kappa shape index (κ1) is 25.5. The summed E-state index contributed by atoms with van der Waals surface area (Å²) in [7, 11) is 1.40.